The highest BCUT2D eigenvalue weighted by molar-refractivity contribution is 6.30. The van der Waals surface area contributed by atoms with Crippen LogP contribution in [0.1, 0.15) is 11.1 Å². The predicted molar refractivity (Wildman–Crippen MR) is 52.0 cm³/mol. The number of hydrogen-bond donors (Lipinski definition) is 1. The molecule has 0 aliphatic heterocycles. The normalized spacial score (nSPS) is 12.9. The number of hydrogen-bond acceptors (Lipinski definition) is 2. The van der Waals surface area contributed by atoms with Crippen LogP contribution in [0.4, 0.5) is 22.0 Å². The maximum Gasteiger partial charge on any atom is 0.417 e. The number of alkyl halides is 5. The quantitative estimate of drug-likeness (QED) is 0.680. The Hall–Kier alpha value is -0.950. The van der Waals surface area contributed by atoms with Crippen molar-refractivity contribution >= 4 is 11.6 Å². The van der Waals surface area contributed by atoms with Gasteiger partial charge in [-0.1, -0.05) is 11.6 Å². The fourth-order valence-electron chi connectivity index (χ4n) is 1.12. The van der Waals surface area contributed by atoms with E-state index in [1.807, 2.05) is 0 Å². The lowest BCUT2D eigenvalue weighted by Crippen LogP contribution is -2.30. The number of nitrogens with zero attached hydrogens (tertiary/aromatic N) is 1. The molecule has 1 rings (SSSR count). The summed E-state index contributed by atoms with van der Waals surface area (Å²) in [7, 11) is 0. The average molecular weight is 275 g/mol. The van der Waals surface area contributed by atoms with Crippen LogP contribution >= 0.6 is 11.6 Å². The molecule has 0 aliphatic rings. The molecule has 0 aliphatic carbocycles. The number of pyridine rings is 1. The molecule has 0 saturated heterocycles. The molecule has 8 heteroatoms. The summed E-state index contributed by atoms with van der Waals surface area (Å²) >= 11 is 5.46. The van der Waals surface area contributed by atoms with Gasteiger partial charge in [-0.05, 0) is 11.6 Å². The monoisotopic (exact) mass is 274 g/mol. The first-order valence-corrected chi connectivity index (χ1v) is 4.83. The van der Waals surface area contributed by atoms with E-state index in [4.69, 9.17) is 17.3 Å². The summed E-state index contributed by atoms with van der Waals surface area (Å²) in [5, 5.41) is -0.383. The summed E-state index contributed by atoms with van der Waals surface area (Å²) in [6, 6.07) is 0.554. The molecule has 0 spiro atoms. The van der Waals surface area contributed by atoms with Gasteiger partial charge in [-0.2, -0.15) is 13.2 Å². The number of halogens is 6. The molecular weight excluding hydrogens is 267 g/mol. The lowest BCUT2D eigenvalue weighted by molar-refractivity contribution is -0.137. The van der Waals surface area contributed by atoms with E-state index in [9.17, 15) is 22.0 Å². The maximum absolute atomic E-state index is 13.0. The van der Waals surface area contributed by atoms with Crippen molar-refractivity contribution in [3.63, 3.8) is 0 Å². The van der Waals surface area contributed by atoms with Crippen LogP contribution in [0.15, 0.2) is 12.3 Å². The van der Waals surface area contributed by atoms with Gasteiger partial charge in [0.2, 0.25) is 0 Å². The SMILES string of the molecule is NCC(F)(F)Cc1cc(C(F)(F)F)cnc1Cl. The van der Waals surface area contributed by atoms with Gasteiger partial charge >= 0.3 is 6.18 Å². The highest BCUT2D eigenvalue weighted by atomic mass is 35.5. The van der Waals surface area contributed by atoms with Crippen LogP contribution in [0.2, 0.25) is 5.15 Å². The van der Waals surface area contributed by atoms with E-state index in [-0.39, 0.29) is 10.7 Å². The summed E-state index contributed by atoms with van der Waals surface area (Å²) in [5.41, 5.74) is 3.29. The van der Waals surface area contributed by atoms with Crippen LogP contribution in [-0.4, -0.2) is 17.5 Å². The molecule has 17 heavy (non-hydrogen) atoms. The second-order valence-corrected chi connectivity index (χ2v) is 3.77. The Labute approximate surface area is 98.6 Å². The molecule has 0 atom stereocenters. The van der Waals surface area contributed by atoms with Crippen LogP contribution in [-0.2, 0) is 12.6 Å². The molecule has 0 bridgehead atoms. The van der Waals surface area contributed by atoms with Crippen molar-refractivity contribution in [2.75, 3.05) is 6.54 Å². The molecule has 0 saturated carbocycles. The van der Waals surface area contributed by atoms with Crippen molar-refractivity contribution in [2.45, 2.75) is 18.5 Å². The van der Waals surface area contributed by atoms with Gasteiger partial charge in [-0.3, -0.25) is 0 Å². The Kier molecular flexibility index (Phi) is 3.93. The lowest BCUT2D eigenvalue weighted by Gasteiger charge is -2.15. The Balaban J connectivity index is 3.08. The summed E-state index contributed by atoms with van der Waals surface area (Å²) in [6.45, 7) is -0.973. The summed E-state index contributed by atoms with van der Waals surface area (Å²) in [6.07, 6.45) is -5.13. The van der Waals surface area contributed by atoms with Crippen LogP contribution in [0, 0.1) is 0 Å². The first kappa shape index (κ1) is 14.1. The maximum atomic E-state index is 13.0. The minimum atomic E-state index is -4.65. The third kappa shape index (κ3) is 3.78. The number of nitrogens with two attached hydrogens (primary N) is 1. The Morgan fingerprint density at radius 2 is 1.82 bits per heavy atom. The molecule has 0 radical (unpaired) electrons. The van der Waals surface area contributed by atoms with E-state index in [0.29, 0.717) is 12.3 Å². The van der Waals surface area contributed by atoms with E-state index in [1.165, 1.54) is 0 Å². The highest BCUT2D eigenvalue weighted by Crippen LogP contribution is 2.32. The molecule has 0 aromatic carbocycles. The van der Waals surface area contributed by atoms with Gasteiger partial charge in [0.25, 0.3) is 5.92 Å². The molecule has 1 aromatic heterocycles. The third-order valence-corrected chi connectivity index (χ3v) is 2.33. The Morgan fingerprint density at radius 3 is 2.29 bits per heavy atom. The first-order chi connectivity index (χ1) is 7.65. The predicted octanol–water partition coefficient (Wildman–Crippen LogP) is 2.89. The molecule has 96 valence electrons. The van der Waals surface area contributed by atoms with E-state index in [2.05, 4.69) is 4.98 Å². The number of rotatable bonds is 3. The molecule has 1 heterocycles. The topological polar surface area (TPSA) is 38.9 Å². The summed E-state index contributed by atoms with van der Waals surface area (Å²) in [4.78, 5) is 3.24. The zero-order valence-corrected chi connectivity index (χ0v) is 9.12. The standard InChI is InChI=1S/C9H8ClF5N2/c10-7-5(2-8(11,12)4-16)1-6(3-17-7)9(13,14)15/h1,3H,2,4,16H2. The van der Waals surface area contributed by atoms with E-state index >= 15 is 0 Å². The third-order valence-electron chi connectivity index (χ3n) is 1.99. The fourth-order valence-corrected chi connectivity index (χ4v) is 1.29. The first-order valence-electron chi connectivity index (χ1n) is 4.45. The van der Waals surface area contributed by atoms with Crippen molar-refractivity contribution < 1.29 is 22.0 Å². The van der Waals surface area contributed by atoms with Crippen molar-refractivity contribution in [1.82, 2.24) is 4.98 Å². The van der Waals surface area contributed by atoms with Gasteiger partial charge in [0.05, 0.1) is 12.1 Å². The van der Waals surface area contributed by atoms with Gasteiger partial charge in [0.1, 0.15) is 5.15 Å². The van der Waals surface area contributed by atoms with Gasteiger partial charge in [-0.25, -0.2) is 13.8 Å². The van der Waals surface area contributed by atoms with Gasteiger partial charge in [0.15, 0.2) is 0 Å². The van der Waals surface area contributed by atoms with E-state index in [0.717, 1.165) is 0 Å². The van der Waals surface area contributed by atoms with Crippen LogP contribution in [0.25, 0.3) is 0 Å². The zero-order chi connectivity index (χ0) is 13.3. The van der Waals surface area contributed by atoms with Crippen LogP contribution < -0.4 is 5.73 Å². The second-order valence-electron chi connectivity index (χ2n) is 3.41. The van der Waals surface area contributed by atoms with Crippen molar-refractivity contribution in [1.29, 1.82) is 0 Å². The largest absolute Gasteiger partial charge is 0.417 e. The zero-order valence-electron chi connectivity index (χ0n) is 8.36. The van der Waals surface area contributed by atoms with Crippen LogP contribution in [0.3, 0.4) is 0 Å². The second kappa shape index (κ2) is 4.73. The number of aromatic nitrogens is 1. The molecular formula is C9H8ClF5N2. The van der Waals surface area contributed by atoms with Gasteiger partial charge in [0, 0.05) is 12.6 Å². The molecule has 1 aromatic rings. The molecule has 2 N–H and O–H groups in total. The van der Waals surface area contributed by atoms with Crippen molar-refractivity contribution in [3.05, 3.63) is 28.5 Å². The Morgan fingerprint density at radius 1 is 1.24 bits per heavy atom. The van der Waals surface area contributed by atoms with E-state index in [1.54, 1.807) is 0 Å². The van der Waals surface area contributed by atoms with Crippen molar-refractivity contribution in [3.8, 4) is 0 Å². The van der Waals surface area contributed by atoms with Crippen molar-refractivity contribution in [2.24, 2.45) is 5.73 Å². The minimum absolute atomic E-state index is 0.378. The lowest BCUT2D eigenvalue weighted by atomic mass is 10.1. The summed E-state index contributed by atoms with van der Waals surface area (Å²) in [5.74, 6) is -3.31. The minimum Gasteiger partial charge on any atom is -0.325 e. The van der Waals surface area contributed by atoms with Gasteiger partial charge < -0.3 is 5.73 Å². The smallest absolute Gasteiger partial charge is 0.325 e. The molecule has 0 amide bonds. The van der Waals surface area contributed by atoms with Crippen LogP contribution in [0.5, 0.6) is 0 Å². The van der Waals surface area contributed by atoms with Gasteiger partial charge in [-0.15, -0.1) is 0 Å². The fraction of sp³-hybridized carbons (Fsp3) is 0.444. The molecule has 2 nitrogen and oxygen atoms in total. The molecule has 0 fully saturated rings. The highest BCUT2D eigenvalue weighted by Gasteiger charge is 2.34. The summed E-state index contributed by atoms with van der Waals surface area (Å²) < 4.78 is 62.9. The van der Waals surface area contributed by atoms with E-state index < -0.39 is 30.6 Å². The Bertz CT molecular complexity index is 405. The average Bonchev–Trinajstić information content (AvgIpc) is 2.19. The molecule has 0 unspecified atom stereocenters.